The molecule has 0 amide bonds. The monoisotopic (exact) mass is 372 g/mol. The Bertz CT molecular complexity index is 1010. The molecule has 0 saturated heterocycles. The van der Waals surface area contributed by atoms with Gasteiger partial charge in [-0.05, 0) is 68.8 Å². The second kappa shape index (κ2) is 6.69. The van der Waals surface area contributed by atoms with Gasteiger partial charge >= 0.3 is 0 Å². The molecule has 0 unspecified atom stereocenters. The summed E-state index contributed by atoms with van der Waals surface area (Å²) in [6.45, 7) is 11.7. The fourth-order valence-electron chi connectivity index (χ4n) is 4.19. The summed E-state index contributed by atoms with van der Waals surface area (Å²) in [5.41, 5.74) is 8.22. The molecule has 1 N–H and O–H groups in total. The van der Waals surface area contributed by atoms with E-state index in [4.69, 9.17) is 0 Å². The van der Waals surface area contributed by atoms with Crippen molar-refractivity contribution in [1.82, 2.24) is 20.6 Å². The van der Waals surface area contributed by atoms with Crippen LogP contribution in [0.2, 0.25) is 0 Å². The number of aromatic amines is 1. The van der Waals surface area contributed by atoms with Crippen LogP contribution in [0.5, 0.6) is 0 Å². The van der Waals surface area contributed by atoms with Gasteiger partial charge in [-0.15, -0.1) is 5.10 Å². The molecule has 3 aromatic rings. The first kappa shape index (κ1) is 18.6. The third kappa shape index (κ3) is 3.39. The number of fused-ring (bicyclic) bond motifs is 1. The SMILES string of the molecule is C/C(=C\c1ccc(-c2nnn[nH]2)cc1)c1ccc2c(c1)C(C)(C)CCC2(C)C. The normalized spacial score (nSPS) is 18.0. The van der Waals surface area contributed by atoms with Gasteiger partial charge < -0.3 is 0 Å². The van der Waals surface area contributed by atoms with Crippen LogP contribution >= 0.6 is 0 Å². The van der Waals surface area contributed by atoms with Crippen LogP contribution in [0.15, 0.2) is 42.5 Å². The van der Waals surface area contributed by atoms with Gasteiger partial charge in [-0.3, -0.25) is 0 Å². The molecule has 4 nitrogen and oxygen atoms in total. The first-order chi connectivity index (χ1) is 13.3. The van der Waals surface area contributed by atoms with Crippen molar-refractivity contribution in [1.29, 1.82) is 0 Å². The van der Waals surface area contributed by atoms with Crippen molar-refractivity contribution in [2.75, 3.05) is 0 Å². The van der Waals surface area contributed by atoms with Gasteiger partial charge in [-0.25, -0.2) is 5.10 Å². The zero-order valence-electron chi connectivity index (χ0n) is 17.4. The van der Waals surface area contributed by atoms with E-state index in [0.717, 1.165) is 5.56 Å². The van der Waals surface area contributed by atoms with Crippen LogP contribution in [0.3, 0.4) is 0 Å². The van der Waals surface area contributed by atoms with E-state index in [1.165, 1.54) is 40.7 Å². The summed E-state index contributed by atoms with van der Waals surface area (Å²) in [5, 5.41) is 14.0. The van der Waals surface area contributed by atoms with Crippen molar-refractivity contribution in [3.05, 3.63) is 64.7 Å². The summed E-state index contributed by atoms with van der Waals surface area (Å²) >= 11 is 0. The van der Waals surface area contributed by atoms with E-state index in [9.17, 15) is 0 Å². The number of hydrogen-bond acceptors (Lipinski definition) is 3. The Morgan fingerprint density at radius 1 is 0.929 bits per heavy atom. The molecule has 0 spiro atoms. The number of tetrazole rings is 1. The number of H-pyrrole nitrogens is 1. The van der Waals surface area contributed by atoms with Gasteiger partial charge in [0.2, 0.25) is 0 Å². The minimum absolute atomic E-state index is 0.230. The Labute approximate surface area is 167 Å². The third-order valence-corrected chi connectivity index (χ3v) is 6.22. The predicted molar refractivity (Wildman–Crippen MR) is 115 cm³/mol. The molecule has 0 radical (unpaired) electrons. The lowest BCUT2D eigenvalue weighted by Crippen LogP contribution is -2.33. The van der Waals surface area contributed by atoms with Crippen LogP contribution in [0.1, 0.15) is 69.7 Å². The summed E-state index contributed by atoms with van der Waals surface area (Å²) < 4.78 is 0. The molecule has 0 saturated carbocycles. The van der Waals surface area contributed by atoms with Gasteiger partial charge in [-0.2, -0.15) is 0 Å². The lowest BCUT2D eigenvalue weighted by molar-refractivity contribution is 0.332. The average molecular weight is 373 g/mol. The van der Waals surface area contributed by atoms with Crippen molar-refractivity contribution in [3.8, 4) is 11.4 Å². The Hall–Kier alpha value is -2.75. The van der Waals surface area contributed by atoms with Crippen LogP contribution in [-0.4, -0.2) is 20.6 Å². The highest BCUT2D eigenvalue weighted by Crippen LogP contribution is 2.46. The van der Waals surface area contributed by atoms with Crippen LogP contribution < -0.4 is 0 Å². The minimum Gasteiger partial charge on any atom is -0.239 e. The van der Waals surface area contributed by atoms with E-state index in [1.807, 2.05) is 12.1 Å². The Kier molecular flexibility index (Phi) is 4.45. The second-order valence-corrected chi connectivity index (χ2v) is 9.23. The van der Waals surface area contributed by atoms with E-state index in [2.05, 4.69) is 91.7 Å². The van der Waals surface area contributed by atoms with Gasteiger partial charge in [0.05, 0.1) is 0 Å². The number of nitrogens with zero attached hydrogens (tertiary/aromatic N) is 3. The molecular formula is C24H28N4. The molecule has 1 aromatic heterocycles. The molecule has 1 aliphatic carbocycles. The van der Waals surface area contributed by atoms with Crippen LogP contribution in [0.25, 0.3) is 23.0 Å². The second-order valence-electron chi connectivity index (χ2n) is 9.23. The topological polar surface area (TPSA) is 54.5 Å². The molecule has 0 fully saturated rings. The van der Waals surface area contributed by atoms with E-state index in [0.29, 0.717) is 5.82 Å². The molecule has 0 atom stereocenters. The van der Waals surface area contributed by atoms with Gasteiger partial charge in [-0.1, -0.05) is 76.2 Å². The molecule has 4 rings (SSSR count). The zero-order valence-corrected chi connectivity index (χ0v) is 17.4. The predicted octanol–water partition coefficient (Wildman–Crippen LogP) is 5.78. The Balaban J connectivity index is 1.66. The number of allylic oxidation sites excluding steroid dienone is 1. The number of hydrogen-bond donors (Lipinski definition) is 1. The van der Waals surface area contributed by atoms with Crippen molar-refractivity contribution in [3.63, 3.8) is 0 Å². The highest BCUT2D eigenvalue weighted by Gasteiger charge is 2.36. The first-order valence-electron chi connectivity index (χ1n) is 9.94. The zero-order chi connectivity index (χ0) is 19.9. The summed E-state index contributed by atoms with van der Waals surface area (Å²) in [6.07, 6.45) is 4.72. The number of benzene rings is 2. The highest BCUT2D eigenvalue weighted by molar-refractivity contribution is 5.81. The van der Waals surface area contributed by atoms with Crippen LogP contribution in [-0.2, 0) is 10.8 Å². The standard InChI is InChI=1S/C24H28N4/c1-16(14-17-6-8-18(9-7-17)22-25-27-28-26-22)19-10-11-20-21(15-19)24(4,5)13-12-23(20,2)3/h6-11,14-15H,12-13H2,1-5H3,(H,25,26,27,28)/b16-14+. The molecular weight excluding hydrogens is 344 g/mol. The maximum absolute atomic E-state index is 3.96. The highest BCUT2D eigenvalue weighted by atomic mass is 15.5. The van der Waals surface area contributed by atoms with E-state index in [1.54, 1.807) is 0 Å². The summed E-state index contributed by atoms with van der Waals surface area (Å²) in [4.78, 5) is 0. The van der Waals surface area contributed by atoms with E-state index in [-0.39, 0.29) is 10.8 Å². The van der Waals surface area contributed by atoms with Crippen molar-refractivity contribution in [2.45, 2.75) is 58.3 Å². The lowest BCUT2D eigenvalue weighted by atomic mass is 9.63. The van der Waals surface area contributed by atoms with E-state index < -0.39 is 0 Å². The lowest BCUT2D eigenvalue weighted by Gasteiger charge is -2.42. The maximum atomic E-state index is 3.96. The Morgan fingerprint density at radius 3 is 2.25 bits per heavy atom. The minimum atomic E-state index is 0.230. The smallest absolute Gasteiger partial charge is 0.179 e. The quantitative estimate of drug-likeness (QED) is 0.593. The van der Waals surface area contributed by atoms with Crippen LogP contribution in [0, 0.1) is 0 Å². The summed E-state index contributed by atoms with van der Waals surface area (Å²) in [7, 11) is 0. The third-order valence-electron chi connectivity index (χ3n) is 6.22. The van der Waals surface area contributed by atoms with Gasteiger partial charge in [0.1, 0.15) is 0 Å². The van der Waals surface area contributed by atoms with E-state index >= 15 is 0 Å². The molecule has 1 aliphatic rings. The van der Waals surface area contributed by atoms with Crippen molar-refractivity contribution in [2.24, 2.45) is 0 Å². The van der Waals surface area contributed by atoms with Crippen LogP contribution in [0.4, 0.5) is 0 Å². The fraction of sp³-hybridized carbons (Fsp3) is 0.375. The van der Waals surface area contributed by atoms with Gasteiger partial charge in [0, 0.05) is 5.56 Å². The average Bonchev–Trinajstić information content (AvgIpc) is 3.21. The molecule has 28 heavy (non-hydrogen) atoms. The maximum Gasteiger partial charge on any atom is 0.179 e. The summed E-state index contributed by atoms with van der Waals surface area (Å²) in [5.74, 6) is 0.687. The molecule has 144 valence electrons. The van der Waals surface area contributed by atoms with Crippen molar-refractivity contribution < 1.29 is 0 Å². The summed E-state index contributed by atoms with van der Waals surface area (Å²) in [6, 6.07) is 15.3. The molecule has 1 heterocycles. The van der Waals surface area contributed by atoms with Gasteiger partial charge in [0.15, 0.2) is 5.82 Å². The molecule has 0 aliphatic heterocycles. The van der Waals surface area contributed by atoms with Crippen molar-refractivity contribution >= 4 is 11.6 Å². The number of rotatable bonds is 3. The first-order valence-corrected chi connectivity index (χ1v) is 9.94. The fourth-order valence-corrected chi connectivity index (χ4v) is 4.19. The molecule has 2 aromatic carbocycles. The Morgan fingerprint density at radius 2 is 1.61 bits per heavy atom. The number of nitrogens with one attached hydrogen (secondary N) is 1. The van der Waals surface area contributed by atoms with Gasteiger partial charge in [0.25, 0.3) is 0 Å². The largest absolute Gasteiger partial charge is 0.239 e. The molecule has 0 bridgehead atoms. The number of aromatic nitrogens is 4. The molecule has 4 heteroatoms.